The molecule has 4 N–H and O–H groups in total. The largest absolute Gasteiger partial charge is 0.354 e. The maximum atomic E-state index is 13.4. The van der Waals surface area contributed by atoms with Gasteiger partial charge in [-0.05, 0) is 47.7 Å². The van der Waals surface area contributed by atoms with Crippen LogP contribution in [0.2, 0.25) is 0 Å². The van der Waals surface area contributed by atoms with Gasteiger partial charge in [0.05, 0.1) is 6.04 Å². The zero-order chi connectivity index (χ0) is 23.1. The number of hydrogen-bond acceptors (Lipinski definition) is 7. The predicted octanol–water partition coefficient (Wildman–Crippen LogP) is 2.60. The van der Waals surface area contributed by atoms with E-state index in [1.165, 1.54) is 6.07 Å². The van der Waals surface area contributed by atoms with E-state index in [4.69, 9.17) is 5.73 Å². The van der Waals surface area contributed by atoms with Gasteiger partial charge in [-0.15, -0.1) is 11.3 Å². The summed E-state index contributed by atoms with van der Waals surface area (Å²) in [5.74, 6) is -0.436. The molecule has 1 aliphatic heterocycles. The van der Waals surface area contributed by atoms with E-state index >= 15 is 0 Å². The molecular formula is C23H21N5O3S2. The summed E-state index contributed by atoms with van der Waals surface area (Å²) in [5.41, 5.74) is 6.55. The Morgan fingerprint density at radius 2 is 1.91 bits per heavy atom. The van der Waals surface area contributed by atoms with Gasteiger partial charge in [0, 0.05) is 47.2 Å². The van der Waals surface area contributed by atoms with Crippen LogP contribution in [0, 0.1) is 0 Å². The number of nitrogens with one attached hydrogen (secondary N) is 2. The summed E-state index contributed by atoms with van der Waals surface area (Å²) < 4.78 is 29.5. The predicted molar refractivity (Wildman–Crippen MR) is 127 cm³/mol. The van der Waals surface area contributed by atoms with Gasteiger partial charge in [-0.1, -0.05) is 18.2 Å². The van der Waals surface area contributed by atoms with Crippen LogP contribution in [0.1, 0.15) is 18.0 Å². The molecule has 5 rings (SSSR count). The van der Waals surface area contributed by atoms with Gasteiger partial charge in [-0.25, -0.2) is 8.42 Å². The van der Waals surface area contributed by atoms with E-state index in [1.54, 1.807) is 36.9 Å². The molecule has 168 valence electrons. The molecule has 0 radical (unpaired) electrons. The van der Waals surface area contributed by atoms with Gasteiger partial charge in [-0.2, -0.15) is 4.72 Å². The van der Waals surface area contributed by atoms with Gasteiger partial charge in [0.2, 0.25) is 5.91 Å². The maximum absolute atomic E-state index is 13.4. The van der Waals surface area contributed by atoms with Gasteiger partial charge < -0.3 is 11.1 Å². The molecule has 10 heteroatoms. The van der Waals surface area contributed by atoms with Crippen molar-refractivity contribution in [2.24, 2.45) is 5.73 Å². The molecule has 0 spiro atoms. The van der Waals surface area contributed by atoms with Gasteiger partial charge in [0.15, 0.2) is 0 Å². The van der Waals surface area contributed by atoms with Crippen molar-refractivity contribution >= 4 is 38.0 Å². The number of carbonyl (C=O) groups is 1. The number of hydrogen-bond donors (Lipinski definition) is 3. The van der Waals surface area contributed by atoms with Crippen molar-refractivity contribution < 1.29 is 13.2 Å². The molecule has 1 amide bonds. The first-order valence-corrected chi connectivity index (χ1v) is 12.6. The van der Waals surface area contributed by atoms with E-state index in [9.17, 15) is 13.2 Å². The average Bonchev–Trinajstić information content (AvgIpc) is 3.47. The first-order chi connectivity index (χ1) is 15.9. The number of sulfonamides is 1. The van der Waals surface area contributed by atoms with E-state index in [2.05, 4.69) is 20.0 Å². The molecule has 3 aromatic heterocycles. The first kappa shape index (κ1) is 21.7. The highest BCUT2D eigenvalue weighted by Crippen LogP contribution is 2.35. The fourth-order valence-electron chi connectivity index (χ4n) is 4.10. The number of carbonyl (C=O) groups excluding carboxylic acids is 1. The van der Waals surface area contributed by atoms with Crippen molar-refractivity contribution in [1.82, 2.24) is 20.0 Å². The number of rotatable bonds is 6. The van der Waals surface area contributed by atoms with Crippen LogP contribution in [0.15, 0.2) is 77.5 Å². The Morgan fingerprint density at radius 3 is 2.67 bits per heavy atom. The summed E-state index contributed by atoms with van der Waals surface area (Å²) in [6, 6.07) is 13.5. The van der Waals surface area contributed by atoms with E-state index in [1.807, 2.05) is 30.3 Å². The summed E-state index contributed by atoms with van der Waals surface area (Å²) >= 11 is 1.11. The minimum Gasteiger partial charge on any atom is -0.354 e. The highest BCUT2D eigenvalue weighted by atomic mass is 32.2. The highest BCUT2D eigenvalue weighted by molar-refractivity contribution is 7.91. The molecule has 1 aromatic carbocycles. The number of nitrogens with zero attached hydrogens (tertiary/aromatic N) is 2. The average molecular weight is 480 g/mol. The Morgan fingerprint density at radius 1 is 1.06 bits per heavy atom. The molecule has 0 bridgehead atoms. The molecular weight excluding hydrogens is 458 g/mol. The molecule has 1 fully saturated rings. The number of pyridine rings is 2. The fraction of sp³-hybridized carbons (Fsp3) is 0.174. The minimum atomic E-state index is -4.02. The lowest BCUT2D eigenvalue weighted by atomic mass is 9.85. The Hall–Kier alpha value is -3.18. The van der Waals surface area contributed by atoms with Gasteiger partial charge in [-0.3, -0.25) is 14.8 Å². The summed E-state index contributed by atoms with van der Waals surface area (Å²) in [6.45, 7) is 0.329. The fourth-order valence-corrected chi connectivity index (χ4v) is 6.81. The topological polar surface area (TPSA) is 127 Å². The van der Waals surface area contributed by atoms with Crippen LogP contribution < -0.4 is 15.8 Å². The van der Waals surface area contributed by atoms with Gasteiger partial charge >= 0.3 is 0 Å². The van der Waals surface area contributed by atoms with Crippen LogP contribution >= 0.6 is 11.3 Å². The lowest BCUT2D eigenvalue weighted by Gasteiger charge is -2.33. The Bertz CT molecular complexity index is 1440. The van der Waals surface area contributed by atoms with Gasteiger partial charge in [0.1, 0.15) is 9.75 Å². The molecule has 33 heavy (non-hydrogen) atoms. The monoisotopic (exact) mass is 479 g/mol. The van der Waals surface area contributed by atoms with Crippen LogP contribution in [0.25, 0.3) is 21.2 Å². The van der Waals surface area contributed by atoms with Crippen LogP contribution in [0.3, 0.4) is 0 Å². The van der Waals surface area contributed by atoms with Crippen molar-refractivity contribution in [3.8, 4) is 10.4 Å². The van der Waals surface area contributed by atoms with Crippen LogP contribution in [-0.4, -0.2) is 36.4 Å². The second-order valence-corrected chi connectivity index (χ2v) is 10.9. The number of benzene rings is 1. The Labute approximate surface area is 194 Å². The van der Waals surface area contributed by atoms with Crippen molar-refractivity contribution in [2.45, 2.75) is 22.2 Å². The smallest absolute Gasteiger partial charge is 0.251 e. The zero-order valence-electron chi connectivity index (χ0n) is 17.4. The number of thiophene rings is 1. The molecule has 4 heterocycles. The lowest BCUT2D eigenvalue weighted by molar-refractivity contribution is -0.124. The molecule has 1 saturated heterocycles. The summed E-state index contributed by atoms with van der Waals surface area (Å²) in [7, 11) is -4.02. The van der Waals surface area contributed by atoms with E-state index in [-0.39, 0.29) is 10.6 Å². The van der Waals surface area contributed by atoms with E-state index in [0.29, 0.717) is 12.1 Å². The quantitative estimate of drug-likeness (QED) is 0.390. The summed E-state index contributed by atoms with van der Waals surface area (Å²) in [6.07, 6.45) is 6.97. The number of nitrogens with two attached hydrogens (primary N) is 1. The summed E-state index contributed by atoms with van der Waals surface area (Å²) in [5, 5.41) is 4.58. The molecule has 0 aliphatic carbocycles. The zero-order valence-corrected chi connectivity index (χ0v) is 19.1. The minimum absolute atomic E-state index is 0.107. The third kappa shape index (κ3) is 3.91. The van der Waals surface area contributed by atoms with Crippen molar-refractivity contribution in [1.29, 1.82) is 0 Å². The van der Waals surface area contributed by atoms with Gasteiger partial charge in [0.25, 0.3) is 10.0 Å². The Kier molecular flexibility index (Phi) is 5.45. The molecule has 2 atom stereocenters. The van der Waals surface area contributed by atoms with Crippen molar-refractivity contribution in [3.63, 3.8) is 0 Å². The SMILES string of the molecule is NC(c1ccc2ccncc2c1)[C@@]1(NS(=O)(=O)c2ccc(-c3cccnc3)s2)CCNC1=O. The Balaban J connectivity index is 1.50. The molecule has 0 saturated carbocycles. The third-order valence-corrected chi connectivity index (χ3v) is 9.01. The lowest BCUT2D eigenvalue weighted by Crippen LogP contribution is -2.59. The molecule has 8 nitrogen and oxygen atoms in total. The second kappa shape index (κ2) is 8.31. The van der Waals surface area contributed by atoms with Crippen molar-refractivity contribution in [2.75, 3.05) is 6.54 Å². The normalized spacial score (nSPS) is 19.5. The third-order valence-electron chi connectivity index (χ3n) is 5.87. The number of fused-ring (bicyclic) bond motifs is 1. The molecule has 4 aromatic rings. The second-order valence-electron chi connectivity index (χ2n) is 7.90. The standard InChI is InChI=1S/C23H21N5O3S2/c24-21(16-4-3-15-7-10-26-14-18(15)12-16)23(8-11-27-22(23)29)28-33(30,31)20-6-5-19(32-20)17-2-1-9-25-13-17/h1-7,9-10,12-14,21,28H,8,11,24H2,(H,27,29)/t21?,23-/m0/s1. The van der Waals surface area contributed by atoms with Crippen LogP contribution in [0.5, 0.6) is 0 Å². The van der Waals surface area contributed by atoms with E-state index < -0.39 is 27.5 Å². The van der Waals surface area contributed by atoms with Crippen molar-refractivity contribution in [3.05, 3.63) is 78.9 Å². The number of amides is 1. The molecule has 1 aliphatic rings. The van der Waals surface area contributed by atoms with E-state index in [0.717, 1.165) is 32.5 Å². The van der Waals surface area contributed by atoms with Crippen LogP contribution in [0.4, 0.5) is 0 Å². The van der Waals surface area contributed by atoms with Crippen LogP contribution in [-0.2, 0) is 14.8 Å². The number of aromatic nitrogens is 2. The first-order valence-electron chi connectivity index (χ1n) is 10.3. The molecule has 1 unspecified atom stereocenters. The summed E-state index contributed by atoms with van der Waals surface area (Å²) in [4.78, 5) is 22.0. The highest BCUT2D eigenvalue weighted by Gasteiger charge is 2.51. The maximum Gasteiger partial charge on any atom is 0.251 e.